The van der Waals surface area contributed by atoms with Gasteiger partial charge in [0.2, 0.25) is 0 Å². The van der Waals surface area contributed by atoms with Crippen molar-refractivity contribution in [3.8, 4) is 5.69 Å². The number of carboxylic acids is 1. The Bertz CT molecular complexity index is 773. The molecule has 0 unspecified atom stereocenters. The maximum atomic E-state index is 12.7. The van der Waals surface area contributed by atoms with Crippen LogP contribution < -0.4 is 0 Å². The molecule has 0 atom stereocenters. The minimum atomic E-state index is -1.03. The van der Waals surface area contributed by atoms with Gasteiger partial charge in [-0.05, 0) is 56.0 Å². The van der Waals surface area contributed by atoms with E-state index in [1.807, 2.05) is 46.8 Å². The van der Waals surface area contributed by atoms with Gasteiger partial charge < -0.3 is 10.0 Å². The minimum absolute atomic E-state index is 0.172. The molecule has 25 heavy (non-hydrogen) atoms. The fourth-order valence-corrected chi connectivity index (χ4v) is 2.90. The van der Waals surface area contributed by atoms with E-state index in [9.17, 15) is 9.59 Å². The molecule has 2 aromatic rings. The SMILES string of the molecule is Cc1cc(C)cc(-n2nc(C(=O)N(CC(=O)O)CC(C)C)cc2C)c1. The second kappa shape index (κ2) is 7.51. The van der Waals surface area contributed by atoms with Gasteiger partial charge in [0, 0.05) is 12.2 Å². The predicted octanol–water partition coefficient (Wildman–Crippen LogP) is 2.98. The smallest absolute Gasteiger partial charge is 0.323 e. The molecule has 134 valence electrons. The average molecular weight is 343 g/mol. The van der Waals surface area contributed by atoms with Crippen LogP contribution in [0.2, 0.25) is 0 Å². The second-order valence-corrected chi connectivity index (χ2v) is 6.90. The molecule has 2 rings (SSSR count). The predicted molar refractivity (Wildman–Crippen MR) is 96.2 cm³/mol. The molecule has 1 amide bonds. The van der Waals surface area contributed by atoms with Gasteiger partial charge in [-0.1, -0.05) is 19.9 Å². The highest BCUT2D eigenvalue weighted by molar-refractivity contribution is 5.94. The van der Waals surface area contributed by atoms with Crippen LogP contribution in [-0.4, -0.2) is 44.8 Å². The topological polar surface area (TPSA) is 75.4 Å². The highest BCUT2D eigenvalue weighted by atomic mass is 16.4. The monoisotopic (exact) mass is 343 g/mol. The Labute approximate surface area is 148 Å². The number of aryl methyl sites for hydroxylation is 3. The summed E-state index contributed by atoms with van der Waals surface area (Å²) in [5, 5.41) is 13.5. The van der Waals surface area contributed by atoms with Crippen LogP contribution in [0.15, 0.2) is 24.3 Å². The van der Waals surface area contributed by atoms with E-state index in [1.165, 1.54) is 4.90 Å². The Kier molecular flexibility index (Phi) is 5.62. The molecule has 0 radical (unpaired) electrons. The van der Waals surface area contributed by atoms with Crippen LogP contribution in [0.4, 0.5) is 0 Å². The van der Waals surface area contributed by atoms with Crippen LogP contribution in [0.3, 0.4) is 0 Å². The van der Waals surface area contributed by atoms with Crippen molar-refractivity contribution in [3.63, 3.8) is 0 Å². The lowest BCUT2D eigenvalue weighted by Gasteiger charge is -2.21. The molecule has 0 saturated heterocycles. The van der Waals surface area contributed by atoms with E-state index < -0.39 is 5.97 Å². The summed E-state index contributed by atoms with van der Waals surface area (Å²) in [6.07, 6.45) is 0. The molecule has 1 heterocycles. The number of benzene rings is 1. The third-order valence-corrected chi connectivity index (χ3v) is 3.76. The lowest BCUT2D eigenvalue weighted by molar-refractivity contribution is -0.137. The van der Waals surface area contributed by atoms with E-state index in [2.05, 4.69) is 11.2 Å². The first-order chi connectivity index (χ1) is 11.7. The molecule has 0 spiro atoms. The third kappa shape index (κ3) is 4.68. The number of hydrogen-bond donors (Lipinski definition) is 1. The quantitative estimate of drug-likeness (QED) is 0.875. The molecular weight excluding hydrogens is 318 g/mol. The molecule has 1 aromatic heterocycles. The lowest BCUT2D eigenvalue weighted by atomic mass is 10.1. The molecular formula is C19H25N3O3. The number of nitrogens with zero attached hydrogens (tertiary/aromatic N) is 3. The van der Waals surface area contributed by atoms with Crippen molar-refractivity contribution in [3.05, 3.63) is 46.8 Å². The normalized spacial score (nSPS) is 11.0. The zero-order valence-corrected chi connectivity index (χ0v) is 15.4. The lowest BCUT2D eigenvalue weighted by Crippen LogP contribution is -2.38. The Morgan fingerprint density at radius 1 is 1.12 bits per heavy atom. The molecule has 0 fully saturated rings. The van der Waals surface area contributed by atoms with E-state index in [-0.39, 0.29) is 24.1 Å². The summed E-state index contributed by atoms with van der Waals surface area (Å²) in [4.78, 5) is 25.1. The number of hydrogen-bond acceptors (Lipinski definition) is 3. The standard InChI is InChI=1S/C19H25N3O3/c1-12(2)10-21(11-18(23)24)19(25)17-9-15(5)22(20-17)16-7-13(3)6-14(4)8-16/h6-9,12H,10-11H2,1-5H3,(H,23,24). The van der Waals surface area contributed by atoms with Crippen molar-refractivity contribution in [2.24, 2.45) is 5.92 Å². The number of carbonyl (C=O) groups excluding carboxylic acids is 1. The second-order valence-electron chi connectivity index (χ2n) is 6.90. The van der Waals surface area contributed by atoms with Crippen LogP contribution in [0, 0.1) is 26.7 Å². The van der Waals surface area contributed by atoms with Crippen LogP contribution in [-0.2, 0) is 4.79 Å². The van der Waals surface area contributed by atoms with Crippen LogP contribution >= 0.6 is 0 Å². The van der Waals surface area contributed by atoms with Gasteiger partial charge in [-0.3, -0.25) is 9.59 Å². The maximum Gasteiger partial charge on any atom is 0.323 e. The molecule has 0 aliphatic heterocycles. The third-order valence-electron chi connectivity index (χ3n) is 3.76. The Hall–Kier alpha value is -2.63. The number of rotatable bonds is 6. The summed E-state index contributed by atoms with van der Waals surface area (Å²) in [5.74, 6) is -1.22. The fraction of sp³-hybridized carbons (Fsp3) is 0.421. The molecule has 0 bridgehead atoms. The van der Waals surface area contributed by atoms with Crippen molar-refractivity contribution < 1.29 is 14.7 Å². The molecule has 0 aliphatic rings. The van der Waals surface area contributed by atoms with E-state index in [0.29, 0.717) is 6.54 Å². The summed E-state index contributed by atoms with van der Waals surface area (Å²) in [6.45, 7) is 9.85. The van der Waals surface area contributed by atoms with Gasteiger partial charge in [-0.25, -0.2) is 4.68 Å². The van der Waals surface area contributed by atoms with E-state index in [1.54, 1.807) is 10.7 Å². The highest BCUT2D eigenvalue weighted by Crippen LogP contribution is 2.17. The Morgan fingerprint density at radius 3 is 2.24 bits per heavy atom. The Balaban J connectivity index is 2.36. The van der Waals surface area contributed by atoms with Crippen molar-refractivity contribution in [1.29, 1.82) is 0 Å². The van der Waals surface area contributed by atoms with E-state index >= 15 is 0 Å². The minimum Gasteiger partial charge on any atom is -0.480 e. The van der Waals surface area contributed by atoms with Crippen molar-refractivity contribution >= 4 is 11.9 Å². The molecule has 0 saturated carbocycles. The number of aliphatic carboxylic acids is 1. The number of carbonyl (C=O) groups is 2. The van der Waals surface area contributed by atoms with Gasteiger partial charge in [0.25, 0.3) is 5.91 Å². The number of amides is 1. The van der Waals surface area contributed by atoms with E-state index in [0.717, 1.165) is 22.5 Å². The average Bonchev–Trinajstić information content (AvgIpc) is 2.85. The van der Waals surface area contributed by atoms with E-state index in [4.69, 9.17) is 5.11 Å². The summed E-state index contributed by atoms with van der Waals surface area (Å²) < 4.78 is 1.72. The molecule has 6 heteroatoms. The van der Waals surface area contributed by atoms with Crippen molar-refractivity contribution in [2.75, 3.05) is 13.1 Å². The van der Waals surface area contributed by atoms with Crippen LogP contribution in [0.5, 0.6) is 0 Å². The number of aromatic nitrogens is 2. The molecule has 1 aromatic carbocycles. The van der Waals surface area contributed by atoms with Gasteiger partial charge in [-0.2, -0.15) is 5.10 Å². The molecule has 6 nitrogen and oxygen atoms in total. The van der Waals surface area contributed by atoms with Crippen LogP contribution in [0.1, 0.15) is 41.2 Å². The summed E-state index contributed by atoms with van der Waals surface area (Å²) in [6, 6.07) is 7.79. The largest absolute Gasteiger partial charge is 0.480 e. The Morgan fingerprint density at radius 2 is 1.72 bits per heavy atom. The van der Waals surface area contributed by atoms with Crippen LogP contribution in [0.25, 0.3) is 5.69 Å². The van der Waals surface area contributed by atoms with Gasteiger partial charge in [0.1, 0.15) is 6.54 Å². The van der Waals surface area contributed by atoms with Gasteiger partial charge in [0.15, 0.2) is 5.69 Å². The van der Waals surface area contributed by atoms with Gasteiger partial charge >= 0.3 is 5.97 Å². The molecule has 1 N–H and O–H groups in total. The summed E-state index contributed by atoms with van der Waals surface area (Å²) in [7, 11) is 0. The van der Waals surface area contributed by atoms with Gasteiger partial charge in [0.05, 0.1) is 5.69 Å². The number of carboxylic acid groups (broad SMARTS) is 1. The highest BCUT2D eigenvalue weighted by Gasteiger charge is 2.23. The van der Waals surface area contributed by atoms with Crippen molar-refractivity contribution in [2.45, 2.75) is 34.6 Å². The zero-order valence-electron chi connectivity index (χ0n) is 15.4. The maximum absolute atomic E-state index is 12.7. The first kappa shape index (κ1) is 18.7. The summed E-state index contributed by atoms with van der Waals surface area (Å²) >= 11 is 0. The summed E-state index contributed by atoms with van der Waals surface area (Å²) in [5.41, 5.74) is 4.21. The molecule has 0 aliphatic carbocycles. The first-order valence-electron chi connectivity index (χ1n) is 8.33. The zero-order chi connectivity index (χ0) is 18.7. The van der Waals surface area contributed by atoms with Crippen molar-refractivity contribution in [1.82, 2.24) is 14.7 Å². The van der Waals surface area contributed by atoms with Gasteiger partial charge in [-0.15, -0.1) is 0 Å². The fourth-order valence-electron chi connectivity index (χ4n) is 2.90. The first-order valence-corrected chi connectivity index (χ1v) is 8.33.